The normalized spacial score (nSPS) is 10.9. The van der Waals surface area contributed by atoms with E-state index >= 15 is 0 Å². The van der Waals surface area contributed by atoms with Gasteiger partial charge in [0.1, 0.15) is 11.4 Å². The molecule has 6 nitrogen and oxygen atoms in total. The lowest BCUT2D eigenvalue weighted by molar-refractivity contribution is 0.102. The molecule has 1 amide bonds. The van der Waals surface area contributed by atoms with Crippen LogP contribution in [-0.2, 0) is 6.42 Å². The first-order valence-corrected chi connectivity index (χ1v) is 8.31. The highest BCUT2D eigenvalue weighted by molar-refractivity contribution is 6.08. The first-order chi connectivity index (χ1) is 13.1. The van der Waals surface area contributed by atoms with Crippen LogP contribution in [0.2, 0.25) is 0 Å². The molecule has 0 unspecified atom stereocenters. The van der Waals surface area contributed by atoms with Crippen LogP contribution in [0, 0.1) is 5.82 Å². The number of amides is 1. The molecule has 0 aliphatic heterocycles. The molecule has 0 radical (unpaired) electrons. The Balaban J connectivity index is 1.68. The Morgan fingerprint density at radius 1 is 1.11 bits per heavy atom. The number of rotatable bonds is 4. The van der Waals surface area contributed by atoms with Crippen LogP contribution < -0.4 is 10.9 Å². The minimum Gasteiger partial charge on any atom is -0.322 e. The second kappa shape index (κ2) is 6.87. The number of nitrogens with zero attached hydrogens (tertiary/aromatic N) is 2. The first-order valence-electron chi connectivity index (χ1n) is 8.31. The monoisotopic (exact) mass is 362 g/mol. The highest BCUT2D eigenvalue weighted by atomic mass is 19.1. The molecule has 27 heavy (non-hydrogen) atoms. The number of carbonyl (C=O) groups is 1. The van der Waals surface area contributed by atoms with Gasteiger partial charge in [0.2, 0.25) is 0 Å². The number of aromatic amines is 1. The third-order valence-electron chi connectivity index (χ3n) is 4.13. The van der Waals surface area contributed by atoms with Crippen LogP contribution in [0.5, 0.6) is 0 Å². The number of H-pyrrole nitrogens is 1. The predicted octanol–water partition coefficient (Wildman–Crippen LogP) is 3.00. The van der Waals surface area contributed by atoms with Crippen LogP contribution in [0.15, 0.2) is 71.7 Å². The predicted molar refractivity (Wildman–Crippen MR) is 99.4 cm³/mol. The van der Waals surface area contributed by atoms with Gasteiger partial charge in [-0.1, -0.05) is 30.3 Å². The second-order valence-corrected chi connectivity index (χ2v) is 6.06. The summed E-state index contributed by atoms with van der Waals surface area (Å²) < 4.78 is 14.3. The minimum absolute atomic E-state index is 0.244. The van der Waals surface area contributed by atoms with E-state index in [0.29, 0.717) is 17.8 Å². The van der Waals surface area contributed by atoms with E-state index in [1.165, 1.54) is 28.9 Å². The molecule has 2 aromatic carbocycles. The van der Waals surface area contributed by atoms with Crippen LogP contribution in [-0.4, -0.2) is 20.5 Å². The molecule has 0 saturated carbocycles. The van der Waals surface area contributed by atoms with Gasteiger partial charge < -0.3 is 5.32 Å². The Hall–Kier alpha value is -3.74. The number of para-hydroxylation sites is 1. The lowest BCUT2D eigenvalue weighted by Gasteiger charge is -2.05. The summed E-state index contributed by atoms with van der Waals surface area (Å²) >= 11 is 0. The SMILES string of the molecule is O=C(Nc1ccccc1)c1c[nH]n2c(=O)cc(Cc3ccc(F)cc3)nc12. The maximum atomic E-state index is 13.1. The molecule has 4 rings (SSSR count). The maximum absolute atomic E-state index is 13.1. The summed E-state index contributed by atoms with van der Waals surface area (Å²) in [5.74, 6) is -0.696. The van der Waals surface area contributed by atoms with Gasteiger partial charge in [0.25, 0.3) is 11.5 Å². The van der Waals surface area contributed by atoms with E-state index in [0.717, 1.165) is 5.56 Å². The Morgan fingerprint density at radius 3 is 2.59 bits per heavy atom. The summed E-state index contributed by atoms with van der Waals surface area (Å²) in [7, 11) is 0. The lowest BCUT2D eigenvalue weighted by atomic mass is 10.1. The Labute approximate surface area is 153 Å². The highest BCUT2D eigenvalue weighted by Gasteiger charge is 2.16. The van der Waals surface area contributed by atoms with Crippen molar-refractivity contribution in [3.63, 3.8) is 0 Å². The van der Waals surface area contributed by atoms with Gasteiger partial charge in [0, 0.05) is 24.4 Å². The van der Waals surface area contributed by atoms with Crippen LogP contribution in [0.4, 0.5) is 10.1 Å². The highest BCUT2D eigenvalue weighted by Crippen LogP contribution is 2.13. The number of hydrogen-bond donors (Lipinski definition) is 2. The summed E-state index contributed by atoms with van der Waals surface area (Å²) in [5, 5.41) is 5.53. The second-order valence-electron chi connectivity index (χ2n) is 6.06. The van der Waals surface area contributed by atoms with Gasteiger partial charge in [-0.15, -0.1) is 0 Å². The molecular formula is C20H15FN4O2. The van der Waals surface area contributed by atoms with Crippen molar-refractivity contribution in [2.75, 3.05) is 5.32 Å². The molecule has 2 heterocycles. The van der Waals surface area contributed by atoms with Gasteiger partial charge in [-0.25, -0.2) is 13.9 Å². The third-order valence-corrected chi connectivity index (χ3v) is 4.13. The topological polar surface area (TPSA) is 79.3 Å². The number of nitrogens with one attached hydrogen (secondary N) is 2. The summed E-state index contributed by atoms with van der Waals surface area (Å²) in [6.45, 7) is 0. The zero-order valence-electron chi connectivity index (χ0n) is 14.1. The molecule has 7 heteroatoms. The van der Waals surface area contributed by atoms with Crippen molar-refractivity contribution in [3.8, 4) is 0 Å². The molecule has 2 aromatic heterocycles. The Morgan fingerprint density at radius 2 is 1.85 bits per heavy atom. The Kier molecular flexibility index (Phi) is 4.25. The molecule has 0 bridgehead atoms. The number of aromatic nitrogens is 3. The molecular weight excluding hydrogens is 347 g/mol. The fourth-order valence-electron chi connectivity index (χ4n) is 2.82. The molecule has 0 aliphatic rings. The van der Waals surface area contributed by atoms with Gasteiger partial charge in [-0.05, 0) is 29.8 Å². The summed E-state index contributed by atoms with van der Waals surface area (Å²) in [5.41, 5.74) is 2.14. The van der Waals surface area contributed by atoms with Crippen LogP contribution >= 0.6 is 0 Å². The minimum atomic E-state index is -0.370. The van der Waals surface area contributed by atoms with Crippen molar-refractivity contribution >= 4 is 17.2 Å². The molecule has 0 fully saturated rings. The van der Waals surface area contributed by atoms with Crippen molar-refractivity contribution in [2.45, 2.75) is 6.42 Å². The molecule has 0 atom stereocenters. The number of hydrogen-bond acceptors (Lipinski definition) is 3. The van der Waals surface area contributed by atoms with Crippen molar-refractivity contribution in [1.29, 1.82) is 0 Å². The van der Waals surface area contributed by atoms with E-state index in [1.54, 1.807) is 24.3 Å². The van der Waals surface area contributed by atoms with Gasteiger partial charge in [-0.3, -0.25) is 14.7 Å². The molecule has 0 aliphatic carbocycles. The third kappa shape index (κ3) is 3.48. The van der Waals surface area contributed by atoms with Crippen molar-refractivity contribution in [2.24, 2.45) is 0 Å². The molecule has 2 N–H and O–H groups in total. The van der Waals surface area contributed by atoms with Gasteiger partial charge in [0.15, 0.2) is 5.65 Å². The molecule has 0 spiro atoms. The number of anilines is 1. The van der Waals surface area contributed by atoms with E-state index < -0.39 is 0 Å². The van der Waals surface area contributed by atoms with Crippen molar-refractivity contribution < 1.29 is 9.18 Å². The standard InChI is InChI=1S/C20H15FN4O2/c21-14-8-6-13(7-9-14)10-16-11-18(26)25-19(23-16)17(12-22-25)20(27)24-15-4-2-1-3-5-15/h1-9,11-12,22H,10H2,(H,24,27). The van der Waals surface area contributed by atoms with Crippen molar-refractivity contribution in [3.05, 3.63) is 99.9 Å². The quantitative estimate of drug-likeness (QED) is 0.586. The average molecular weight is 362 g/mol. The van der Waals surface area contributed by atoms with Crippen molar-refractivity contribution in [1.82, 2.24) is 14.6 Å². The number of benzene rings is 2. The van der Waals surface area contributed by atoms with E-state index in [1.807, 2.05) is 18.2 Å². The van der Waals surface area contributed by atoms with E-state index in [4.69, 9.17) is 0 Å². The molecule has 4 aromatic rings. The fraction of sp³-hybridized carbons (Fsp3) is 0.0500. The first kappa shape index (κ1) is 16.7. The number of fused-ring (bicyclic) bond motifs is 1. The van der Waals surface area contributed by atoms with Gasteiger partial charge >= 0.3 is 0 Å². The van der Waals surface area contributed by atoms with E-state index in [9.17, 15) is 14.0 Å². The number of carbonyl (C=O) groups excluding carboxylic acids is 1. The van der Waals surface area contributed by atoms with E-state index in [2.05, 4.69) is 15.4 Å². The van der Waals surface area contributed by atoms with Crippen LogP contribution in [0.3, 0.4) is 0 Å². The molecule has 134 valence electrons. The Bertz CT molecular complexity index is 1160. The van der Waals surface area contributed by atoms with Crippen LogP contribution in [0.25, 0.3) is 5.65 Å². The molecule has 0 saturated heterocycles. The zero-order valence-corrected chi connectivity index (χ0v) is 14.1. The summed E-state index contributed by atoms with van der Waals surface area (Å²) in [4.78, 5) is 29.4. The van der Waals surface area contributed by atoms with Gasteiger partial charge in [0.05, 0.1) is 5.69 Å². The largest absolute Gasteiger partial charge is 0.322 e. The summed E-state index contributed by atoms with van der Waals surface area (Å²) in [6, 6.07) is 16.4. The zero-order chi connectivity index (χ0) is 18.8. The smallest absolute Gasteiger partial charge is 0.272 e. The fourth-order valence-corrected chi connectivity index (χ4v) is 2.82. The lowest BCUT2D eigenvalue weighted by Crippen LogP contribution is -2.18. The maximum Gasteiger partial charge on any atom is 0.272 e. The number of halogens is 1. The summed E-state index contributed by atoms with van der Waals surface area (Å²) in [6.07, 6.45) is 1.81. The van der Waals surface area contributed by atoms with Crippen LogP contribution in [0.1, 0.15) is 21.6 Å². The van der Waals surface area contributed by atoms with Gasteiger partial charge in [-0.2, -0.15) is 0 Å². The average Bonchev–Trinajstić information content (AvgIpc) is 3.09. The van der Waals surface area contributed by atoms with E-state index in [-0.39, 0.29) is 28.5 Å².